The molecule has 0 spiro atoms. The van der Waals surface area contributed by atoms with Crippen molar-refractivity contribution in [3.63, 3.8) is 0 Å². The number of carbonyl (C=O) groups is 1. The van der Waals surface area contributed by atoms with E-state index in [4.69, 9.17) is 4.74 Å². The zero-order valence-electron chi connectivity index (χ0n) is 14.0. The van der Waals surface area contributed by atoms with Crippen LogP contribution in [0.25, 0.3) is 0 Å². The molecule has 1 aromatic rings. The number of hydrogen-bond acceptors (Lipinski definition) is 3. The van der Waals surface area contributed by atoms with Crippen molar-refractivity contribution in [1.82, 2.24) is 4.90 Å². The van der Waals surface area contributed by atoms with E-state index in [9.17, 15) is 9.90 Å². The zero-order chi connectivity index (χ0) is 16.3. The molecular weight excluding hydrogens is 278 g/mol. The molecule has 1 aliphatic rings. The van der Waals surface area contributed by atoms with Crippen LogP contribution in [0.3, 0.4) is 0 Å². The summed E-state index contributed by atoms with van der Waals surface area (Å²) in [5.74, 6) is 0.672. The van der Waals surface area contributed by atoms with E-state index in [-0.39, 0.29) is 11.9 Å². The number of hydrogen-bond donors (Lipinski definition) is 1. The second-order valence-corrected chi connectivity index (χ2v) is 6.40. The summed E-state index contributed by atoms with van der Waals surface area (Å²) in [7, 11) is 1.77. The van der Waals surface area contributed by atoms with Crippen LogP contribution in [0.1, 0.15) is 43.7 Å². The zero-order valence-corrected chi connectivity index (χ0v) is 14.0. The van der Waals surface area contributed by atoms with E-state index in [1.165, 1.54) is 0 Å². The van der Waals surface area contributed by atoms with E-state index >= 15 is 0 Å². The number of aliphatic hydroxyl groups is 1. The Morgan fingerprint density at radius 1 is 1.32 bits per heavy atom. The molecule has 4 nitrogen and oxygen atoms in total. The van der Waals surface area contributed by atoms with Gasteiger partial charge in [0.2, 0.25) is 0 Å². The lowest BCUT2D eigenvalue weighted by Gasteiger charge is -2.36. The van der Waals surface area contributed by atoms with Crippen LogP contribution in [-0.2, 0) is 4.79 Å². The van der Waals surface area contributed by atoms with Gasteiger partial charge in [0, 0.05) is 7.05 Å². The standard InChI is InChI=1S/C18H27NO3/c1-12-9-10-13(2)17(11-12)22-14(3)18(21)19(4)15-7-5-6-8-16(15)20/h9-11,14-16,20H,5-8H2,1-4H3/t14-,15+,16-/m1/s1. The minimum Gasteiger partial charge on any atom is -0.481 e. The smallest absolute Gasteiger partial charge is 0.263 e. The molecule has 3 atom stereocenters. The number of amides is 1. The number of likely N-dealkylation sites (N-methyl/N-ethyl adjacent to an activating group) is 1. The third-order valence-corrected chi connectivity index (χ3v) is 4.53. The molecule has 1 N–H and O–H groups in total. The fourth-order valence-electron chi connectivity index (χ4n) is 3.07. The molecule has 22 heavy (non-hydrogen) atoms. The average molecular weight is 305 g/mol. The van der Waals surface area contributed by atoms with Gasteiger partial charge in [-0.25, -0.2) is 0 Å². The van der Waals surface area contributed by atoms with Gasteiger partial charge in [-0.3, -0.25) is 4.79 Å². The highest BCUT2D eigenvalue weighted by Crippen LogP contribution is 2.24. The summed E-state index contributed by atoms with van der Waals surface area (Å²) >= 11 is 0. The third-order valence-electron chi connectivity index (χ3n) is 4.53. The van der Waals surface area contributed by atoms with Crippen molar-refractivity contribution in [2.24, 2.45) is 0 Å². The molecule has 1 aromatic carbocycles. The predicted molar refractivity (Wildman–Crippen MR) is 87.0 cm³/mol. The van der Waals surface area contributed by atoms with Crippen molar-refractivity contribution in [3.05, 3.63) is 29.3 Å². The molecule has 0 aromatic heterocycles. The quantitative estimate of drug-likeness (QED) is 0.930. The van der Waals surface area contributed by atoms with Crippen molar-refractivity contribution < 1.29 is 14.6 Å². The minimum absolute atomic E-state index is 0.0770. The maximum Gasteiger partial charge on any atom is 0.263 e. The summed E-state index contributed by atoms with van der Waals surface area (Å²) in [4.78, 5) is 14.2. The fraction of sp³-hybridized carbons (Fsp3) is 0.611. The van der Waals surface area contributed by atoms with Gasteiger partial charge in [0.05, 0.1) is 12.1 Å². The van der Waals surface area contributed by atoms with Gasteiger partial charge in [-0.15, -0.1) is 0 Å². The van der Waals surface area contributed by atoms with Crippen LogP contribution in [0.15, 0.2) is 18.2 Å². The molecule has 0 saturated heterocycles. The van der Waals surface area contributed by atoms with E-state index in [2.05, 4.69) is 0 Å². The van der Waals surface area contributed by atoms with E-state index in [1.54, 1.807) is 18.9 Å². The maximum absolute atomic E-state index is 12.6. The van der Waals surface area contributed by atoms with E-state index in [0.29, 0.717) is 0 Å². The molecule has 0 bridgehead atoms. The van der Waals surface area contributed by atoms with Crippen LogP contribution in [0.5, 0.6) is 5.75 Å². The Bertz CT molecular complexity index is 529. The summed E-state index contributed by atoms with van der Waals surface area (Å²) in [5.41, 5.74) is 2.13. The molecule has 122 valence electrons. The fourth-order valence-corrected chi connectivity index (χ4v) is 3.07. The van der Waals surface area contributed by atoms with Gasteiger partial charge in [-0.1, -0.05) is 25.0 Å². The lowest BCUT2D eigenvalue weighted by Crippen LogP contribution is -2.50. The number of rotatable bonds is 4. The summed E-state index contributed by atoms with van der Waals surface area (Å²) < 4.78 is 5.86. The molecule has 4 heteroatoms. The molecule has 1 saturated carbocycles. The first kappa shape index (κ1) is 16.8. The Kier molecular flexibility index (Phi) is 5.46. The Labute approximate surface area is 133 Å². The molecule has 0 aliphatic heterocycles. The van der Waals surface area contributed by atoms with Crippen LogP contribution in [0.4, 0.5) is 0 Å². The van der Waals surface area contributed by atoms with Gasteiger partial charge in [-0.2, -0.15) is 0 Å². The summed E-state index contributed by atoms with van der Waals surface area (Å²) in [6.45, 7) is 5.75. The van der Waals surface area contributed by atoms with E-state index < -0.39 is 12.2 Å². The topological polar surface area (TPSA) is 49.8 Å². The first-order valence-corrected chi connectivity index (χ1v) is 8.09. The number of aliphatic hydroxyl groups excluding tert-OH is 1. The van der Waals surface area contributed by atoms with Crippen LogP contribution >= 0.6 is 0 Å². The Hall–Kier alpha value is -1.55. The molecule has 2 rings (SSSR count). The Balaban J connectivity index is 2.03. The van der Waals surface area contributed by atoms with Crippen molar-refractivity contribution in [3.8, 4) is 5.75 Å². The van der Waals surface area contributed by atoms with Crippen LogP contribution < -0.4 is 4.74 Å². The highest BCUT2D eigenvalue weighted by molar-refractivity contribution is 5.81. The van der Waals surface area contributed by atoms with Crippen molar-refractivity contribution in [2.45, 2.75) is 64.7 Å². The van der Waals surface area contributed by atoms with Gasteiger partial charge >= 0.3 is 0 Å². The van der Waals surface area contributed by atoms with Gasteiger partial charge in [0.1, 0.15) is 5.75 Å². The van der Waals surface area contributed by atoms with Crippen molar-refractivity contribution >= 4 is 5.91 Å². The predicted octanol–water partition coefficient (Wildman–Crippen LogP) is 2.83. The minimum atomic E-state index is -0.556. The van der Waals surface area contributed by atoms with Crippen LogP contribution in [-0.4, -0.2) is 41.2 Å². The first-order valence-electron chi connectivity index (χ1n) is 8.09. The first-order chi connectivity index (χ1) is 10.4. The Morgan fingerprint density at radius 3 is 2.68 bits per heavy atom. The largest absolute Gasteiger partial charge is 0.481 e. The molecule has 0 heterocycles. The van der Waals surface area contributed by atoms with Crippen LogP contribution in [0.2, 0.25) is 0 Å². The third kappa shape index (κ3) is 3.80. The number of benzene rings is 1. The summed E-state index contributed by atoms with van der Waals surface area (Å²) in [6.07, 6.45) is 2.75. The number of aryl methyl sites for hydroxylation is 2. The maximum atomic E-state index is 12.6. The molecule has 0 radical (unpaired) electrons. The highest BCUT2D eigenvalue weighted by atomic mass is 16.5. The van der Waals surface area contributed by atoms with Crippen LogP contribution in [0, 0.1) is 13.8 Å². The molecule has 0 unspecified atom stereocenters. The van der Waals surface area contributed by atoms with Crippen molar-refractivity contribution in [1.29, 1.82) is 0 Å². The normalized spacial score (nSPS) is 23.0. The van der Waals surface area contributed by atoms with E-state index in [0.717, 1.165) is 42.6 Å². The SMILES string of the molecule is Cc1ccc(C)c(O[C@H](C)C(=O)N(C)[C@H]2CCCC[C@H]2O)c1. The van der Waals surface area contributed by atoms with Gasteiger partial charge in [0.15, 0.2) is 6.10 Å². The molecule has 1 aliphatic carbocycles. The van der Waals surface area contributed by atoms with E-state index in [1.807, 2.05) is 32.0 Å². The van der Waals surface area contributed by atoms with Gasteiger partial charge in [0.25, 0.3) is 5.91 Å². The summed E-state index contributed by atoms with van der Waals surface area (Å²) in [5, 5.41) is 10.1. The number of carbonyl (C=O) groups excluding carboxylic acids is 1. The lowest BCUT2D eigenvalue weighted by atomic mass is 9.91. The second-order valence-electron chi connectivity index (χ2n) is 6.40. The molecule has 1 amide bonds. The van der Waals surface area contributed by atoms with Gasteiger partial charge < -0.3 is 14.7 Å². The highest BCUT2D eigenvalue weighted by Gasteiger charge is 2.32. The molecular formula is C18H27NO3. The second kappa shape index (κ2) is 7.14. The number of ether oxygens (including phenoxy) is 1. The van der Waals surface area contributed by atoms with Crippen molar-refractivity contribution in [2.75, 3.05) is 7.05 Å². The number of nitrogens with zero attached hydrogens (tertiary/aromatic N) is 1. The van der Waals surface area contributed by atoms with Gasteiger partial charge in [-0.05, 0) is 50.8 Å². The molecule has 1 fully saturated rings. The Morgan fingerprint density at radius 2 is 2.00 bits per heavy atom. The lowest BCUT2D eigenvalue weighted by molar-refractivity contribution is -0.142. The average Bonchev–Trinajstić information content (AvgIpc) is 2.50. The monoisotopic (exact) mass is 305 g/mol. The summed E-state index contributed by atoms with van der Waals surface area (Å²) in [6, 6.07) is 5.88.